The number of benzene rings is 2. The molecule has 8 nitrogen and oxygen atoms in total. The fourth-order valence-corrected chi connectivity index (χ4v) is 3.61. The minimum absolute atomic E-state index is 0.158. The molecule has 1 atom stereocenters. The molecule has 0 aliphatic carbocycles. The van der Waals surface area contributed by atoms with Crippen LogP contribution in [-0.2, 0) is 9.84 Å². The molecular weight excluding hydrogens is 368 g/mol. The molecule has 0 fully saturated rings. The highest BCUT2D eigenvalue weighted by atomic mass is 32.2. The van der Waals surface area contributed by atoms with Crippen molar-refractivity contribution in [3.8, 4) is 5.69 Å². The summed E-state index contributed by atoms with van der Waals surface area (Å²) in [6.45, 7) is 1.92. The Bertz CT molecular complexity index is 1080. The summed E-state index contributed by atoms with van der Waals surface area (Å²) in [7, 11) is -3.73. The minimum atomic E-state index is -3.73. The topological polar surface area (TPSA) is 107 Å². The van der Waals surface area contributed by atoms with Crippen molar-refractivity contribution in [3.05, 3.63) is 76.6 Å². The molecule has 3 aromatic rings. The maximum Gasteiger partial charge on any atom is 0.288 e. The number of nitro benzene ring substituents is 1. The molecule has 27 heavy (non-hydrogen) atoms. The Morgan fingerprint density at radius 2 is 1.96 bits per heavy atom. The van der Waals surface area contributed by atoms with Crippen LogP contribution in [-0.4, -0.2) is 29.4 Å². The van der Waals surface area contributed by atoms with E-state index in [2.05, 4.69) is 10.4 Å². The van der Waals surface area contributed by atoms with Gasteiger partial charge in [-0.3, -0.25) is 10.1 Å². The van der Waals surface area contributed by atoms with Gasteiger partial charge in [0.05, 0.1) is 10.6 Å². The first-order chi connectivity index (χ1) is 12.8. The van der Waals surface area contributed by atoms with Crippen LogP contribution in [0.3, 0.4) is 0 Å². The molecule has 1 N–H and O–H groups in total. The lowest BCUT2D eigenvalue weighted by molar-refractivity contribution is -0.387. The van der Waals surface area contributed by atoms with Gasteiger partial charge < -0.3 is 5.32 Å². The van der Waals surface area contributed by atoms with Crippen LogP contribution < -0.4 is 5.32 Å². The Morgan fingerprint density at radius 3 is 2.59 bits per heavy atom. The average molecular weight is 386 g/mol. The fourth-order valence-electron chi connectivity index (χ4n) is 2.74. The Hall–Kier alpha value is -3.20. The van der Waals surface area contributed by atoms with Crippen LogP contribution >= 0.6 is 0 Å². The average Bonchev–Trinajstić information content (AvgIpc) is 3.15. The Labute approximate surface area is 156 Å². The molecule has 1 heterocycles. The van der Waals surface area contributed by atoms with Crippen LogP contribution in [0.2, 0.25) is 0 Å². The number of nitro groups is 1. The van der Waals surface area contributed by atoms with Crippen LogP contribution in [0.15, 0.2) is 65.8 Å². The van der Waals surface area contributed by atoms with Gasteiger partial charge in [0.2, 0.25) is 0 Å². The molecule has 140 valence electrons. The predicted molar refractivity (Wildman–Crippen MR) is 102 cm³/mol. The van der Waals surface area contributed by atoms with Crippen molar-refractivity contribution < 1.29 is 13.3 Å². The van der Waals surface area contributed by atoms with Gasteiger partial charge in [-0.25, -0.2) is 13.1 Å². The number of nitrogens with one attached hydrogen (secondary N) is 1. The molecule has 0 bridgehead atoms. The second-order valence-electron chi connectivity index (χ2n) is 6.12. The van der Waals surface area contributed by atoms with Crippen molar-refractivity contribution in [2.24, 2.45) is 0 Å². The summed E-state index contributed by atoms with van der Waals surface area (Å²) in [6.07, 6.45) is 4.49. The van der Waals surface area contributed by atoms with Gasteiger partial charge >= 0.3 is 0 Å². The third kappa shape index (κ3) is 4.14. The van der Waals surface area contributed by atoms with Crippen LogP contribution in [0, 0.1) is 10.1 Å². The second-order valence-corrected chi connectivity index (χ2v) is 8.11. The maximum atomic E-state index is 11.9. The van der Waals surface area contributed by atoms with E-state index in [1.807, 2.05) is 43.5 Å². The van der Waals surface area contributed by atoms with Crippen molar-refractivity contribution in [3.63, 3.8) is 0 Å². The number of aromatic nitrogens is 2. The molecule has 0 saturated heterocycles. The number of sulfone groups is 1. The monoisotopic (exact) mass is 386 g/mol. The molecule has 1 unspecified atom stereocenters. The molecule has 1 aromatic heterocycles. The fraction of sp³-hybridized carbons (Fsp3) is 0.167. The molecule has 2 aromatic carbocycles. The van der Waals surface area contributed by atoms with Crippen molar-refractivity contribution >= 4 is 21.2 Å². The Balaban J connectivity index is 1.89. The molecule has 0 amide bonds. The zero-order valence-corrected chi connectivity index (χ0v) is 15.6. The number of hydrogen-bond acceptors (Lipinski definition) is 6. The van der Waals surface area contributed by atoms with Crippen LogP contribution in [0.1, 0.15) is 18.5 Å². The summed E-state index contributed by atoms with van der Waals surface area (Å²) in [5.41, 5.74) is 1.91. The molecule has 0 saturated carbocycles. The number of anilines is 1. The Morgan fingerprint density at radius 1 is 1.19 bits per heavy atom. The third-order valence-electron chi connectivity index (χ3n) is 4.08. The third-order valence-corrected chi connectivity index (χ3v) is 5.20. The lowest BCUT2D eigenvalue weighted by Crippen LogP contribution is -2.09. The van der Waals surface area contributed by atoms with Gasteiger partial charge in [-0.15, -0.1) is 0 Å². The molecule has 0 aliphatic rings. The highest BCUT2D eigenvalue weighted by Crippen LogP contribution is 2.29. The normalized spacial score (nSPS) is 12.5. The first-order valence-electron chi connectivity index (χ1n) is 8.11. The number of nitrogens with zero attached hydrogens (tertiary/aromatic N) is 3. The van der Waals surface area contributed by atoms with Crippen molar-refractivity contribution in [2.75, 3.05) is 11.6 Å². The van der Waals surface area contributed by atoms with Gasteiger partial charge in [-0.1, -0.05) is 12.1 Å². The molecular formula is C18H18N4O4S. The van der Waals surface area contributed by atoms with Gasteiger partial charge in [-0.2, -0.15) is 5.10 Å². The molecule has 0 aliphatic heterocycles. The van der Waals surface area contributed by atoms with E-state index >= 15 is 0 Å². The van der Waals surface area contributed by atoms with E-state index in [1.165, 1.54) is 18.2 Å². The highest BCUT2D eigenvalue weighted by molar-refractivity contribution is 7.90. The summed E-state index contributed by atoms with van der Waals surface area (Å²) in [6, 6.07) is 13.4. The lowest BCUT2D eigenvalue weighted by Gasteiger charge is -2.17. The maximum absolute atomic E-state index is 11.9. The first-order valence-corrected chi connectivity index (χ1v) is 10.00. The van der Waals surface area contributed by atoms with Crippen LogP contribution in [0.5, 0.6) is 0 Å². The van der Waals surface area contributed by atoms with Gasteiger partial charge in [0.15, 0.2) is 9.84 Å². The summed E-state index contributed by atoms with van der Waals surface area (Å²) in [5.74, 6) is 0. The zero-order chi connectivity index (χ0) is 19.6. The summed E-state index contributed by atoms with van der Waals surface area (Å²) < 4.78 is 25.5. The minimum Gasteiger partial charge on any atom is -0.378 e. The summed E-state index contributed by atoms with van der Waals surface area (Å²) in [5, 5.41) is 18.5. The number of hydrogen-bond donors (Lipinski definition) is 1. The van der Waals surface area contributed by atoms with Crippen molar-refractivity contribution in [2.45, 2.75) is 17.9 Å². The molecule has 9 heteroatoms. The standard InChI is InChI=1S/C18H18N4O4S/c1-13(14-5-3-6-16(11-14)21-10-4-9-19-21)20-15-7-8-17(22(23)24)18(12-15)27(2,25)26/h3-13,20H,1-2H3. The SMILES string of the molecule is CC(Nc1ccc([N+](=O)[O-])c(S(C)(=O)=O)c1)c1cccc(-n2cccn2)c1. The van der Waals surface area contributed by atoms with Crippen molar-refractivity contribution in [1.82, 2.24) is 9.78 Å². The largest absolute Gasteiger partial charge is 0.378 e. The van der Waals surface area contributed by atoms with Gasteiger partial charge in [-0.05, 0) is 42.8 Å². The van der Waals surface area contributed by atoms with Crippen LogP contribution in [0.4, 0.5) is 11.4 Å². The van der Waals surface area contributed by atoms with E-state index in [4.69, 9.17) is 0 Å². The second kappa shape index (κ2) is 7.20. The van der Waals surface area contributed by atoms with Crippen LogP contribution in [0.25, 0.3) is 5.69 Å². The summed E-state index contributed by atoms with van der Waals surface area (Å²) >= 11 is 0. The Kier molecular flexibility index (Phi) is 4.95. The molecule has 0 spiro atoms. The molecule has 0 radical (unpaired) electrons. The van der Waals surface area contributed by atoms with Gasteiger partial charge in [0.1, 0.15) is 4.90 Å². The number of rotatable bonds is 6. The quantitative estimate of drug-likeness (QED) is 0.514. The van der Waals surface area contributed by atoms with E-state index in [0.717, 1.165) is 17.5 Å². The van der Waals surface area contributed by atoms with E-state index in [9.17, 15) is 18.5 Å². The van der Waals surface area contributed by atoms with E-state index in [0.29, 0.717) is 5.69 Å². The molecule has 3 rings (SSSR count). The zero-order valence-electron chi connectivity index (χ0n) is 14.7. The van der Waals surface area contributed by atoms with E-state index < -0.39 is 20.4 Å². The van der Waals surface area contributed by atoms with E-state index in [-0.39, 0.29) is 10.9 Å². The van der Waals surface area contributed by atoms with Crippen molar-refractivity contribution in [1.29, 1.82) is 0 Å². The smallest absolute Gasteiger partial charge is 0.288 e. The lowest BCUT2D eigenvalue weighted by atomic mass is 10.1. The van der Waals surface area contributed by atoms with Gasteiger partial charge in [0, 0.05) is 36.4 Å². The first kappa shape index (κ1) is 18.6. The summed E-state index contributed by atoms with van der Waals surface area (Å²) in [4.78, 5) is 10.1. The highest BCUT2D eigenvalue weighted by Gasteiger charge is 2.22. The van der Waals surface area contributed by atoms with Gasteiger partial charge in [0.25, 0.3) is 5.69 Å². The van der Waals surface area contributed by atoms with E-state index in [1.54, 1.807) is 10.9 Å². The predicted octanol–water partition coefficient (Wildman–Crippen LogP) is 3.36.